The second-order valence-electron chi connectivity index (χ2n) is 3.42. The summed E-state index contributed by atoms with van der Waals surface area (Å²) in [5.74, 6) is -12.8. The average molecular weight is 332 g/mol. The lowest BCUT2D eigenvalue weighted by Crippen LogP contribution is -2.57. The summed E-state index contributed by atoms with van der Waals surface area (Å²) in [6, 6.07) is 0. The zero-order chi connectivity index (χ0) is 16.4. The van der Waals surface area contributed by atoms with Crippen LogP contribution in [0.15, 0.2) is 0 Å². The molecule has 0 aliphatic carbocycles. The maximum Gasteiger partial charge on any atom is 0.462 e. The van der Waals surface area contributed by atoms with Crippen molar-refractivity contribution >= 4 is 0 Å². The fourth-order valence-electron chi connectivity index (χ4n) is 0.836. The third-order valence-corrected chi connectivity index (χ3v) is 1.95. The average Bonchev–Trinajstić information content (AvgIpc) is 2.63. The molecule has 0 amide bonds. The van der Waals surface area contributed by atoms with Crippen LogP contribution in [0.25, 0.3) is 0 Å². The molecule has 2 nitrogen and oxygen atoms in total. The van der Waals surface area contributed by atoms with E-state index in [2.05, 4.69) is 4.74 Å². The molecule has 20 heavy (non-hydrogen) atoms. The first-order valence-electron chi connectivity index (χ1n) is 4.08. The van der Waals surface area contributed by atoms with E-state index in [0.717, 1.165) is 0 Å². The molecule has 1 atom stereocenters. The smallest absolute Gasteiger partial charge is 0.263 e. The van der Waals surface area contributed by atoms with E-state index in [9.17, 15) is 52.7 Å². The van der Waals surface area contributed by atoms with Crippen LogP contribution in [0.5, 0.6) is 0 Å². The number of hydrogen-bond acceptors (Lipinski definition) is 2. The highest BCUT2D eigenvalue weighted by molar-refractivity contribution is 5.01. The first-order valence-corrected chi connectivity index (χ1v) is 4.08. The van der Waals surface area contributed by atoms with Crippen LogP contribution in [0.3, 0.4) is 0 Å². The van der Waals surface area contributed by atoms with Gasteiger partial charge < -0.3 is 0 Å². The van der Waals surface area contributed by atoms with Crippen molar-refractivity contribution in [3.8, 4) is 0 Å². The van der Waals surface area contributed by atoms with Crippen LogP contribution in [0.2, 0.25) is 0 Å². The van der Waals surface area contributed by atoms with E-state index in [1.165, 1.54) is 0 Å². The maximum absolute atomic E-state index is 12.6. The Labute approximate surface area is 99.8 Å². The summed E-state index contributed by atoms with van der Waals surface area (Å²) in [7, 11) is 0. The Balaban J connectivity index is 3.03. The minimum Gasteiger partial charge on any atom is -0.263 e. The summed E-state index contributed by atoms with van der Waals surface area (Å²) in [6.07, 6.45) is -26.0. The quantitative estimate of drug-likeness (QED) is 0.579. The maximum atomic E-state index is 12.6. The standard InChI is InChI=1S/C6F12O2/c7-1(8,3(10,11)12)4(13,14)20-6(17,18)2(9)5(15,16)19-2. The number of alkyl halides is 12. The van der Waals surface area contributed by atoms with Crippen molar-refractivity contribution in [2.24, 2.45) is 0 Å². The summed E-state index contributed by atoms with van der Waals surface area (Å²) >= 11 is 0. The molecule has 120 valence electrons. The minimum atomic E-state index is -7.19. The van der Waals surface area contributed by atoms with Gasteiger partial charge in [0.1, 0.15) is 0 Å². The second kappa shape index (κ2) is 3.84. The summed E-state index contributed by atoms with van der Waals surface area (Å²) in [5, 5.41) is 0. The Morgan fingerprint density at radius 2 is 1.10 bits per heavy atom. The van der Waals surface area contributed by atoms with Crippen LogP contribution >= 0.6 is 0 Å². The van der Waals surface area contributed by atoms with Gasteiger partial charge in [-0.1, -0.05) is 0 Å². The topological polar surface area (TPSA) is 21.8 Å². The van der Waals surface area contributed by atoms with Gasteiger partial charge in [-0.2, -0.15) is 52.7 Å². The molecule has 0 bridgehead atoms. The molecule has 0 N–H and O–H groups in total. The number of halogens is 12. The molecule has 1 unspecified atom stereocenters. The molecule has 1 aliphatic rings. The number of epoxide rings is 1. The highest BCUT2D eigenvalue weighted by atomic mass is 19.4. The predicted molar refractivity (Wildman–Crippen MR) is 31.9 cm³/mol. The van der Waals surface area contributed by atoms with Gasteiger partial charge >= 0.3 is 36.3 Å². The summed E-state index contributed by atoms with van der Waals surface area (Å²) in [5.41, 5.74) is 0. The summed E-state index contributed by atoms with van der Waals surface area (Å²) < 4.78 is 149. The second-order valence-corrected chi connectivity index (χ2v) is 3.42. The van der Waals surface area contributed by atoms with Gasteiger partial charge in [-0.25, -0.2) is 4.74 Å². The van der Waals surface area contributed by atoms with Crippen molar-refractivity contribution in [2.75, 3.05) is 0 Å². The van der Waals surface area contributed by atoms with Crippen LogP contribution in [-0.4, -0.2) is 36.3 Å². The van der Waals surface area contributed by atoms with Gasteiger partial charge in [0, 0.05) is 0 Å². The fourth-order valence-corrected chi connectivity index (χ4v) is 0.836. The third kappa shape index (κ3) is 2.17. The van der Waals surface area contributed by atoms with Crippen molar-refractivity contribution in [2.45, 2.75) is 36.3 Å². The lowest BCUT2D eigenvalue weighted by molar-refractivity contribution is -0.486. The molecule has 0 aromatic carbocycles. The molecule has 1 heterocycles. The van der Waals surface area contributed by atoms with Gasteiger partial charge in [-0.05, 0) is 0 Å². The lowest BCUT2D eigenvalue weighted by Gasteiger charge is -2.30. The van der Waals surface area contributed by atoms with Crippen molar-refractivity contribution in [3.05, 3.63) is 0 Å². The molecular formula is C6F12O2. The monoisotopic (exact) mass is 332 g/mol. The van der Waals surface area contributed by atoms with E-state index in [1.54, 1.807) is 4.74 Å². The highest BCUT2D eigenvalue weighted by Gasteiger charge is 2.92. The zero-order valence-electron chi connectivity index (χ0n) is 8.35. The van der Waals surface area contributed by atoms with E-state index in [4.69, 9.17) is 0 Å². The molecule has 1 rings (SSSR count). The van der Waals surface area contributed by atoms with Crippen LogP contribution in [0.4, 0.5) is 52.7 Å². The normalized spacial score (nSPS) is 27.6. The molecule has 1 aliphatic heterocycles. The molecular weight excluding hydrogens is 332 g/mol. The van der Waals surface area contributed by atoms with Gasteiger partial charge in [0.05, 0.1) is 0 Å². The van der Waals surface area contributed by atoms with Crippen LogP contribution in [-0.2, 0) is 9.47 Å². The predicted octanol–water partition coefficient (Wildman–Crippen LogP) is 3.67. The number of ether oxygens (including phenoxy) is 2. The molecule has 0 radical (unpaired) electrons. The van der Waals surface area contributed by atoms with Crippen LogP contribution in [0, 0.1) is 0 Å². The summed E-state index contributed by atoms with van der Waals surface area (Å²) in [6.45, 7) is 0. The van der Waals surface area contributed by atoms with Crippen molar-refractivity contribution in [3.63, 3.8) is 0 Å². The Kier molecular flexibility index (Phi) is 3.29. The Hall–Kier alpha value is -0.920. The van der Waals surface area contributed by atoms with Gasteiger partial charge in [0.15, 0.2) is 0 Å². The van der Waals surface area contributed by atoms with Crippen LogP contribution in [0.1, 0.15) is 0 Å². The van der Waals surface area contributed by atoms with Crippen molar-refractivity contribution in [1.29, 1.82) is 0 Å². The molecule has 14 heteroatoms. The lowest BCUT2D eigenvalue weighted by atomic mass is 10.3. The molecule has 1 saturated heterocycles. The van der Waals surface area contributed by atoms with Crippen molar-refractivity contribution < 1.29 is 62.2 Å². The van der Waals surface area contributed by atoms with Gasteiger partial charge in [0.25, 0.3) is 0 Å². The minimum absolute atomic E-state index is 1.66. The van der Waals surface area contributed by atoms with Crippen molar-refractivity contribution in [1.82, 2.24) is 0 Å². The van der Waals surface area contributed by atoms with E-state index < -0.39 is 36.3 Å². The van der Waals surface area contributed by atoms with Gasteiger partial charge in [-0.15, -0.1) is 0 Å². The number of rotatable bonds is 4. The third-order valence-electron chi connectivity index (χ3n) is 1.95. The molecule has 0 aromatic heterocycles. The Bertz CT molecular complexity index is 399. The fraction of sp³-hybridized carbons (Fsp3) is 1.00. The number of hydrogen-bond donors (Lipinski definition) is 0. The highest BCUT2D eigenvalue weighted by Crippen LogP contribution is 2.62. The van der Waals surface area contributed by atoms with E-state index in [-0.39, 0.29) is 0 Å². The molecule has 1 fully saturated rings. The first kappa shape index (κ1) is 17.1. The summed E-state index contributed by atoms with van der Waals surface area (Å²) in [4.78, 5) is 0. The molecule has 0 saturated carbocycles. The largest absolute Gasteiger partial charge is 0.462 e. The van der Waals surface area contributed by atoms with E-state index >= 15 is 0 Å². The van der Waals surface area contributed by atoms with Crippen LogP contribution < -0.4 is 0 Å². The molecule has 0 spiro atoms. The SMILES string of the molecule is FC(F)(F)C(F)(F)C(F)(F)OC(F)(F)C1(F)OC1(F)F. The first-order chi connectivity index (χ1) is 8.41. The van der Waals surface area contributed by atoms with E-state index in [1.807, 2.05) is 0 Å². The van der Waals surface area contributed by atoms with E-state index in [0.29, 0.717) is 0 Å². The Morgan fingerprint density at radius 3 is 1.35 bits per heavy atom. The van der Waals surface area contributed by atoms with Gasteiger partial charge in [-0.3, -0.25) is 4.74 Å². The van der Waals surface area contributed by atoms with Gasteiger partial charge in [0.2, 0.25) is 0 Å². The molecule has 0 aromatic rings. The Morgan fingerprint density at radius 1 is 0.750 bits per heavy atom. The zero-order valence-corrected chi connectivity index (χ0v) is 8.35.